The van der Waals surface area contributed by atoms with Gasteiger partial charge in [0.25, 0.3) is 0 Å². The lowest BCUT2D eigenvalue weighted by atomic mass is 10.1. The third kappa shape index (κ3) is 2.38. The maximum Gasteiger partial charge on any atom is 0.143 e. The van der Waals surface area contributed by atoms with Gasteiger partial charge in [0.1, 0.15) is 5.82 Å². The summed E-state index contributed by atoms with van der Waals surface area (Å²) in [5.74, 6) is 0.887. The molecule has 3 rings (SSSR count). The molecule has 0 aliphatic carbocycles. The zero-order valence-corrected chi connectivity index (χ0v) is 13.0. The number of nitrogens with two attached hydrogens (primary N) is 1. The van der Waals surface area contributed by atoms with Crippen molar-refractivity contribution in [3.63, 3.8) is 0 Å². The second-order valence-electron chi connectivity index (χ2n) is 5.28. The third-order valence-corrected chi connectivity index (χ3v) is 3.97. The van der Waals surface area contributed by atoms with E-state index in [-0.39, 0.29) is 0 Å². The summed E-state index contributed by atoms with van der Waals surface area (Å²) in [4.78, 5) is 4.79. The molecule has 0 saturated carbocycles. The fourth-order valence-electron chi connectivity index (χ4n) is 2.63. The van der Waals surface area contributed by atoms with Crippen molar-refractivity contribution < 1.29 is 0 Å². The molecule has 0 amide bonds. The van der Waals surface area contributed by atoms with Crippen molar-refractivity contribution >= 4 is 28.3 Å². The number of nitrogens with zero attached hydrogens (tertiary/aromatic N) is 2. The quantitative estimate of drug-likeness (QED) is 0.715. The molecule has 1 aromatic heterocycles. The molecular weight excluding hydrogens is 282 g/mol. The molecule has 0 spiro atoms. The number of nitrogen functional groups attached to an aromatic ring is 1. The van der Waals surface area contributed by atoms with Crippen LogP contribution < -0.4 is 5.73 Å². The first kappa shape index (κ1) is 14.0. The molecule has 0 unspecified atom stereocenters. The highest BCUT2D eigenvalue weighted by molar-refractivity contribution is 6.33. The number of hydrogen-bond donors (Lipinski definition) is 1. The van der Waals surface area contributed by atoms with E-state index >= 15 is 0 Å². The van der Waals surface area contributed by atoms with Gasteiger partial charge >= 0.3 is 0 Å². The lowest BCUT2D eigenvalue weighted by Gasteiger charge is -2.10. The Morgan fingerprint density at radius 2 is 2.05 bits per heavy atom. The molecule has 0 atom stereocenters. The summed E-state index contributed by atoms with van der Waals surface area (Å²) in [7, 11) is 0. The number of anilines is 1. The van der Waals surface area contributed by atoms with Crippen LogP contribution in [0.5, 0.6) is 0 Å². The van der Waals surface area contributed by atoms with Gasteiger partial charge in [-0.2, -0.15) is 0 Å². The van der Waals surface area contributed by atoms with Crippen LogP contribution in [0.1, 0.15) is 18.9 Å². The van der Waals surface area contributed by atoms with E-state index in [0.717, 1.165) is 35.4 Å². The largest absolute Gasteiger partial charge is 0.397 e. The van der Waals surface area contributed by atoms with Crippen LogP contribution in [-0.4, -0.2) is 9.55 Å². The Kier molecular flexibility index (Phi) is 3.60. The van der Waals surface area contributed by atoms with Crippen LogP contribution in [0.3, 0.4) is 0 Å². The van der Waals surface area contributed by atoms with Crippen molar-refractivity contribution in [3.05, 3.63) is 47.0 Å². The number of hydrogen-bond acceptors (Lipinski definition) is 2. The average Bonchev–Trinajstić information content (AvgIpc) is 2.80. The van der Waals surface area contributed by atoms with Crippen molar-refractivity contribution in [1.29, 1.82) is 0 Å². The molecular formula is C17H18ClN3. The van der Waals surface area contributed by atoms with E-state index in [0.29, 0.717) is 10.7 Å². The van der Waals surface area contributed by atoms with Gasteiger partial charge in [-0.25, -0.2) is 4.98 Å². The Morgan fingerprint density at radius 1 is 1.24 bits per heavy atom. The van der Waals surface area contributed by atoms with Gasteiger partial charge in [-0.15, -0.1) is 0 Å². The molecule has 4 heteroatoms. The summed E-state index contributed by atoms with van der Waals surface area (Å²) in [6.45, 7) is 5.14. The maximum absolute atomic E-state index is 6.16. The zero-order chi connectivity index (χ0) is 15.0. The predicted octanol–water partition coefficient (Wildman–Crippen LogP) is 4.66. The monoisotopic (exact) mass is 299 g/mol. The smallest absolute Gasteiger partial charge is 0.143 e. The Bertz CT molecular complexity index is 805. The Hall–Kier alpha value is -2.00. The Balaban J connectivity index is 2.30. The molecule has 0 fully saturated rings. The zero-order valence-electron chi connectivity index (χ0n) is 12.2. The molecule has 0 saturated heterocycles. The number of halogens is 1. The summed E-state index contributed by atoms with van der Waals surface area (Å²) in [5, 5.41) is 0.568. The molecule has 2 N–H and O–H groups in total. The van der Waals surface area contributed by atoms with Crippen molar-refractivity contribution in [2.75, 3.05) is 5.73 Å². The van der Waals surface area contributed by atoms with Crippen LogP contribution in [0.25, 0.3) is 22.4 Å². The molecule has 0 radical (unpaired) electrons. The van der Waals surface area contributed by atoms with Crippen LogP contribution in [0.15, 0.2) is 36.4 Å². The van der Waals surface area contributed by atoms with Gasteiger partial charge < -0.3 is 10.3 Å². The Morgan fingerprint density at radius 3 is 2.81 bits per heavy atom. The van der Waals surface area contributed by atoms with E-state index in [2.05, 4.69) is 36.6 Å². The van der Waals surface area contributed by atoms with Gasteiger partial charge in [-0.1, -0.05) is 30.7 Å². The number of benzene rings is 2. The minimum Gasteiger partial charge on any atom is -0.397 e. The standard InChI is InChI=1S/C17H18ClN3/c1-3-9-21-15-8-7-11(2)10-14(15)20-17(21)12-5-4-6-13(18)16(12)19/h4-8,10H,3,9,19H2,1-2H3. The minimum atomic E-state index is 0.568. The van der Waals surface area contributed by atoms with E-state index in [4.69, 9.17) is 22.3 Å². The molecule has 108 valence electrons. The molecule has 0 bridgehead atoms. The van der Waals surface area contributed by atoms with E-state index < -0.39 is 0 Å². The normalized spacial score (nSPS) is 11.2. The first-order valence-corrected chi connectivity index (χ1v) is 7.51. The molecule has 0 aliphatic heterocycles. The van der Waals surface area contributed by atoms with Crippen molar-refractivity contribution in [2.24, 2.45) is 0 Å². The van der Waals surface area contributed by atoms with Gasteiger partial charge in [-0.3, -0.25) is 0 Å². The highest BCUT2D eigenvalue weighted by Crippen LogP contribution is 2.33. The summed E-state index contributed by atoms with van der Waals surface area (Å²) >= 11 is 6.16. The number of aromatic nitrogens is 2. The highest BCUT2D eigenvalue weighted by Gasteiger charge is 2.15. The number of imidazole rings is 1. The lowest BCUT2D eigenvalue weighted by Crippen LogP contribution is -2.02. The van der Waals surface area contributed by atoms with E-state index in [9.17, 15) is 0 Å². The van der Waals surface area contributed by atoms with Crippen molar-refractivity contribution in [1.82, 2.24) is 9.55 Å². The minimum absolute atomic E-state index is 0.568. The predicted molar refractivity (Wildman–Crippen MR) is 89.6 cm³/mol. The summed E-state index contributed by atoms with van der Waals surface area (Å²) in [6, 6.07) is 12.0. The molecule has 3 nitrogen and oxygen atoms in total. The van der Waals surface area contributed by atoms with Crippen molar-refractivity contribution in [3.8, 4) is 11.4 Å². The summed E-state index contributed by atoms with van der Waals surface area (Å²) in [6.07, 6.45) is 1.03. The van der Waals surface area contributed by atoms with E-state index in [1.165, 1.54) is 5.56 Å². The first-order chi connectivity index (χ1) is 10.1. The first-order valence-electron chi connectivity index (χ1n) is 7.13. The SMILES string of the molecule is CCCn1c(-c2cccc(Cl)c2N)nc2cc(C)ccc21. The second kappa shape index (κ2) is 5.41. The number of rotatable bonds is 3. The molecule has 1 heterocycles. The summed E-state index contributed by atoms with van der Waals surface area (Å²) in [5.41, 5.74) is 11.0. The third-order valence-electron chi connectivity index (χ3n) is 3.64. The van der Waals surface area contributed by atoms with E-state index in [1.807, 2.05) is 12.1 Å². The van der Waals surface area contributed by atoms with Gasteiger partial charge in [0.2, 0.25) is 0 Å². The summed E-state index contributed by atoms with van der Waals surface area (Å²) < 4.78 is 2.22. The van der Waals surface area contributed by atoms with Gasteiger partial charge in [0.15, 0.2) is 0 Å². The van der Waals surface area contributed by atoms with Crippen LogP contribution in [0, 0.1) is 6.92 Å². The van der Waals surface area contributed by atoms with Gasteiger partial charge in [0.05, 0.1) is 21.7 Å². The molecule has 2 aromatic carbocycles. The van der Waals surface area contributed by atoms with Crippen LogP contribution in [0.4, 0.5) is 5.69 Å². The van der Waals surface area contributed by atoms with E-state index in [1.54, 1.807) is 6.07 Å². The highest BCUT2D eigenvalue weighted by atomic mass is 35.5. The molecule has 21 heavy (non-hydrogen) atoms. The fraction of sp³-hybridized carbons (Fsp3) is 0.235. The number of para-hydroxylation sites is 1. The maximum atomic E-state index is 6.16. The topological polar surface area (TPSA) is 43.8 Å². The van der Waals surface area contributed by atoms with Gasteiger partial charge in [-0.05, 0) is 43.2 Å². The molecule has 3 aromatic rings. The van der Waals surface area contributed by atoms with Crippen LogP contribution in [0.2, 0.25) is 5.02 Å². The Labute approximate surface area is 129 Å². The van der Waals surface area contributed by atoms with Crippen LogP contribution in [-0.2, 0) is 6.54 Å². The lowest BCUT2D eigenvalue weighted by molar-refractivity contribution is 0.704. The second-order valence-corrected chi connectivity index (χ2v) is 5.69. The number of fused-ring (bicyclic) bond motifs is 1. The molecule has 0 aliphatic rings. The van der Waals surface area contributed by atoms with Gasteiger partial charge in [0, 0.05) is 12.1 Å². The van der Waals surface area contributed by atoms with Crippen LogP contribution >= 0.6 is 11.6 Å². The fourth-order valence-corrected chi connectivity index (χ4v) is 2.80. The number of aryl methyl sites for hydroxylation is 2. The van der Waals surface area contributed by atoms with Crippen molar-refractivity contribution in [2.45, 2.75) is 26.8 Å². The average molecular weight is 300 g/mol.